The second-order valence-corrected chi connectivity index (χ2v) is 3.23. The van der Waals surface area contributed by atoms with E-state index in [1.54, 1.807) is 11.3 Å². The Morgan fingerprint density at radius 1 is 1.73 bits per heavy atom. The van der Waals surface area contributed by atoms with Crippen LogP contribution in [0.25, 0.3) is 10.2 Å². The van der Waals surface area contributed by atoms with E-state index in [-0.39, 0.29) is 0 Å². The lowest BCUT2D eigenvalue weighted by atomic mass is 10.4. The van der Waals surface area contributed by atoms with E-state index >= 15 is 0 Å². The molecular weight excluding hydrogens is 158 g/mol. The molecule has 2 aromatic rings. The molecule has 0 atom stereocenters. The summed E-state index contributed by atoms with van der Waals surface area (Å²) in [5, 5.41) is 7.29. The maximum Gasteiger partial charge on any atom is 0.154 e. The summed E-state index contributed by atoms with van der Waals surface area (Å²) < 4.78 is 1.93. The number of hydrogen-bond acceptors (Lipinski definition) is 3. The molecule has 11 heavy (non-hydrogen) atoms. The van der Waals surface area contributed by atoms with Gasteiger partial charge in [-0.05, 0) is 18.4 Å². The van der Waals surface area contributed by atoms with Gasteiger partial charge in [0.1, 0.15) is 4.83 Å². The normalized spacial score (nSPS) is 11.0. The van der Waals surface area contributed by atoms with Gasteiger partial charge in [-0.1, -0.05) is 0 Å². The molecule has 4 heteroatoms. The summed E-state index contributed by atoms with van der Waals surface area (Å²) in [6, 6.07) is 2.01. The van der Waals surface area contributed by atoms with Crippen molar-refractivity contribution in [1.29, 1.82) is 0 Å². The number of nitrogens with two attached hydrogens (primary N) is 1. The highest BCUT2D eigenvalue weighted by molar-refractivity contribution is 7.16. The number of aryl methyl sites for hydroxylation is 1. The lowest BCUT2D eigenvalue weighted by molar-refractivity contribution is 0.691. The summed E-state index contributed by atoms with van der Waals surface area (Å²) in [7, 11) is 0. The molecule has 0 spiro atoms. The Hall–Kier alpha value is -1.03. The number of thiophene rings is 1. The fourth-order valence-corrected chi connectivity index (χ4v) is 2.06. The van der Waals surface area contributed by atoms with Gasteiger partial charge in [0.2, 0.25) is 0 Å². The van der Waals surface area contributed by atoms with Crippen molar-refractivity contribution in [2.75, 3.05) is 5.73 Å². The lowest BCUT2D eigenvalue weighted by Gasteiger charge is -1.91. The second-order valence-electron chi connectivity index (χ2n) is 2.34. The molecule has 0 radical (unpaired) electrons. The maximum absolute atomic E-state index is 5.67. The van der Waals surface area contributed by atoms with Crippen molar-refractivity contribution in [3.63, 3.8) is 0 Å². The van der Waals surface area contributed by atoms with E-state index in [2.05, 4.69) is 12.0 Å². The van der Waals surface area contributed by atoms with Gasteiger partial charge >= 0.3 is 0 Å². The van der Waals surface area contributed by atoms with Crippen molar-refractivity contribution in [1.82, 2.24) is 9.78 Å². The van der Waals surface area contributed by atoms with Crippen molar-refractivity contribution in [2.24, 2.45) is 0 Å². The Labute approximate surface area is 68.4 Å². The van der Waals surface area contributed by atoms with Gasteiger partial charge < -0.3 is 5.73 Å². The number of nitrogen functional groups attached to an aromatic ring is 1. The summed E-state index contributed by atoms with van der Waals surface area (Å²) in [6.07, 6.45) is 0. The number of nitrogens with zero attached hydrogens (tertiary/aromatic N) is 2. The number of rotatable bonds is 1. The molecule has 0 fully saturated rings. The maximum atomic E-state index is 5.67. The van der Waals surface area contributed by atoms with Crippen molar-refractivity contribution < 1.29 is 0 Å². The monoisotopic (exact) mass is 167 g/mol. The van der Waals surface area contributed by atoms with E-state index < -0.39 is 0 Å². The third-order valence-corrected chi connectivity index (χ3v) is 2.61. The average Bonchev–Trinajstić information content (AvgIpc) is 2.54. The molecule has 2 heterocycles. The van der Waals surface area contributed by atoms with Gasteiger partial charge in [0.25, 0.3) is 0 Å². The number of aromatic nitrogens is 2. The smallest absolute Gasteiger partial charge is 0.154 e. The van der Waals surface area contributed by atoms with Crippen molar-refractivity contribution >= 4 is 27.4 Å². The summed E-state index contributed by atoms with van der Waals surface area (Å²) in [5.74, 6) is 0.642. The van der Waals surface area contributed by atoms with Gasteiger partial charge in [-0.3, -0.25) is 4.68 Å². The van der Waals surface area contributed by atoms with Crippen LogP contribution in [0.1, 0.15) is 6.92 Å². The third-order valence-electron chi connectivity index (χ3n) is 1.68. The minimum atomic E-state index is 0.642. The first kappa shape index (κ1) is 6.67. The summed E-state index contributed by atoms with van der Waals surface area (Å²) in [4.78, 5) is 1.17. The minimum absolute atomic E-state index is 0.642. The lowest BCUT2D eigenvalue weighted by Crippen LogP contribution is -1.95. The molecule has 0 amide bonds. The van der Waals surface area contributed by atoms with Gasteiger partial charge in [0.05, 0.1) is 5.39 Å². The molecule has 3 nitrogen and oxygen atoms in total. The Balaban J connectivity index is 2.80. The molecule has 2 N–H and O–H groups in total. The molecule has 2 rings (SSSR count). The van der Waals surface area contributed by atoms with Crippen LogP contribution in [0.4, 0.5) is 5.82 Å². The zero-order chi connectivity index (χ0) is 7.84. The van der Waals surface area contributed by atoms with E-state index in [0.29, 0.717) is 5.82 Å². The highest BCUT2D eigenvalue weighted by Crippen LogP contribution is 2.25. The van der Waals surface area contributed by atoms with Gasteiger partial charge in [-0.15, -0.1) is 11.3 Å². The Morgan fingerprint density at radius 3 is 3.27 bits per heavy atom. The van der Waals surface area contributed by atoms with Crippen LogP contribution in [0.3, 0.4) is 0 Å². The van der Waals surface area contributed by atoms with Crippen LogP contribution in [-0.4, -0.2) is 9.78 Å². The highest BCUT2D eigenvalue weighted by atomic mass is 32.1. The second kappa shape index (κ2) is 2.23. The van der Waals surface area contributed by atoms with Crippen molar-refractivity contribution in [2.45, 2.75) is 13.5 Å². The fraction of sp³-hybridized carbons (Fsp3) is 0.286. The first-order valence-electron chi connectivity index (χ1n) is 3.52. The molecule has 0 aromatic carbocycles. The molecule has 58 valence electrons. The SMILES string of the molecule is CCn1nc(N)c2ccsc21. The Bertz CT molecular complexity index is 374. The predicted octanol–water partition coefficient (Wildman–Crippen LogP) is 1.70. The zero-order valence-electron chi connectivity index (χ0n) is 6.24. The first-order valence-corrected chi connectivity index (χ1v) is 4.40. The minimum Gasteiger partial charge on any atom is -0.382 e. The van der Waals surface area contributed by atoms with Crippen LogP contribution in [-0.2, 0) is 6.54 Å². The van der Waals surface area contributed by atoms with Crippen LogP contribution in [0.15, 0.2) is 11.4 Å². The molecule has 0 bridgehead atoms. The van der Waals surface area contributed by atoms with Gasteiger partial charge in [0.15, 0.2) is 5.82 Å². The van der Waals surface area contributed by atoms with E-state index in [9.17, 15) is 0 Å². The van der Waals surface area contributed by atoms with Crippen LogP contribution >= 0.6 is 11.3 Å². The standard InChI is InChI=1S/C7H9N3S/c1-2-10-7-5(3-4-11-7)6(8)9-10/h3-4H,2H2,1H3,(H2,8,9). The van der Waals surface area contributed by atoms with Crippen LogP contribution < -0.4 is 5.73 Å². The summed E-state index contributed by atoms with van der Waals surface area (Å²) in [6.45, 7) is 2.94. The Kier molecular flexibility index (Phi) is 1.35. The highest BCUT2D eigenvalue weighted by Gasteiger charge is 2.06. The topological polar surface area (TPSA) is 43.8 Å². The van der Waals surface area contributed by atoms with Crippen molar-refractivity contribution in [3.05, 3.63) is 11.4 Å². The Morgan fingerprint density at radius 2 is 2.55 bits per heavy atom. The van der Waals surface area contributed by atoms with Crippen molar-refractivity contribution in [3.8, 4) is 0 Å². The largest absolute Gasteiger partial charge is 0.382 e. The summed E-state index contributed by atoms with van der Waals surface area (Å²) >= 11 is 1.68. The fourth-order valence-electron chi connectivity index (χ4n) is 1.14. The van der Waals surface area contributed by atoms with Crippen LogP contribution in [0.2, 0.25) is 0 Å². The van der Waals surface area contributed by atoms with Crippen LogP contribution in [0.5, 0.6) is 0 Å². The predicted molar refractivity (Wildman–Crippen MR) is 47.7 cm³/mol. The molecule has 0 aliphatic rings. The molecule has 0 aliphatic heterocycles. The van der Waals surface area contributed by atoms with Gasteiger partial charge in [-0.2, -0.15) is 5.10 Å². The van der Waals surface area contributed by atoms with E-state index in [1.807, 2.05) is 16.1 Å². The van der Waals surface area contributed by atoms with Crippen LogP contribution in [0, 0.1) is 0 Å². The average molecular weight is 167 g/mol. The first-order chi connectivity index (χ1) is 5.33. The molecule has 0 saturated heterocycles. The quantitative estimate of drug-likeness (QED) is 0.702. The van der Waals surface area contributed by atoms with Gasteiger partial charge in [0, 0.05) is 6.54 Å². The zero-order valence-corrected chi connectivity index (χ0v) is 7.06. The number of anilines is 1. The van der Waals surface area contributed by atoms with E-state index in [4.69, 9.17) is 5.73 Å². The molecule has 2 aromatic heterocycles. The molecule has 0 aliphatic carbocycles. The molecule has 0 unspecified atom stereocenters. The number of fused-ring (bicyclic) bond motifs is 1. The van der Waals surface area contributed by atoms with E-state index in [1.165, 1.54) is 4.83 Å². The molecular formula is C7H9N3S. The third kappa shape index (κ3) is 0.826. The summed E-state index contributed by atoms with van der Waals surface area (Å²) in [5.41, 5.74) is 5.67. The molecule has 0 saturated carbocycles. The van der Waals surface area contributed by atoms with Gasteiger partial charge in [-0.25, -0.2) is 0 Å². The number of hydrogen-bond donors (Lipinski definition) is 1. The van der Waals surface area contributed by atoms with E-state index in [0.717, 1.165) is 11.9 Å².